The molecule has 1 saturated heterocycles. The maximum Gasteiger partial charge on any atom is 0.322 e. The molecule has 1 aromatic heterocycles. The summed E-state index contributed by atoms with van der Waals surface area (Å²) in [7, 11) is 0. The van der Waals surface area contributed by atoms with Gasteiger partial charge in [-0.25, -0.2) is 4.79 Å². The molecule has 0 aliphatic carbocycles. The first kappa shape index (κ1) is 24.7. The summed E-state index contributed by atoms with van der Waals surface area (Å²) in [6.07, 6.45) is 1.18. The molecule has 4 rings (SSSR count). The molecule has 2 heterocycles. The van der Waals surface area contributed by atoms with E-state index in [2.05, 4.69) is 29.8 Å². The van der Waals surface area contributed by atoms with Gasteiger partial charge in [0.2, 0.25) is 5.91 Å². The molecule has 0 unspecified atom stereocenters. The number of carbonyl (C=O) groups is 4. The smallest absolute Gasteiger partial charge is 0.322 e. The van der Waals surface area contributed by atoms with Gasteiger partial charge in [0.05, 0.1) is 19.2 Å². The van der Waals surface area contributed by atoms with E-state index in [1.807, 2.05) is 30.3 Å². The molecule has 0 spiro atoms. The molecule has 186 valence electrons. The summed E-state index contributed by atoms with van der Waals surface area (Å²) < 4.78 is 5.47. The van der Waals surface area contributed by atoms with Crippen molar-refractivity contribution in [3.63, 3.8) is 0 Å². The van der Waals surface area contributed by atoms with Crippen molar-refractivity contribution in [1.29, 1.82) is 0 Å². The standard InChI is InChI=1S/C27H28N4O5/c1-17(2)18-10-12-20(13-11-18)28-26(34)24(19-7-4-3-5-8-19)31(16-21-9-6-14-36-21)23(32)15-22-25(33)30-27(35)29-22/h3-14,17,22,24H,15-16H2,1-2H3,(H,28,34)(H2,29,30,33,35)/t22-,24-/m1/s1. The van der Waals surface area contributed by atoms with E-state index in [1.165, 1.54) is 11.2 Å². The fraction of sp³-hybridized carbons (Fsp3) is 0.259. The molecule has 5 amide bonds. The van der Waals surface area contributed by atoms with Gasteiger partial charge in [0.25, 0.3) is 11.8 Å². The van der Waals surface area contributed by atoms with Crippen LogP contribution in [0.15, 0.2) is 77.4 Å². The Labute approximate surface area is 208 Å². The molecule has 1 aliphatic rings. The number of furan rings is 1. The second kappa shape index (κ2) is 10.9. The number of urea groups is 1. The van der Waals surface area contributed by atoms with Gasteiger partial charge in [-0.05, 0) is 41.3 Å². The molecule has 0 radical (unpaired) electrons. The van der Waals surface area contributed by atoms with E-state index in [4.69, 9.17) is 4.42 Å². The number of imide groups is 1. The number of hydrogen-bond acceptors (Lipinski definition) is 5. The first-order valence-corrected chi connectivity index (χ1v) is 11.7. The third kappa shape index (κ3) is 5.80. The highest BCUT2D eigenvalue weighted by Crippen LogP contribution is 2.27. The van der Waals surface area contributed by atoms with Crippen molar-refractivity contribution in [2.24, 2.45) is 0 Å². The van der Waals surface area contributed by atoms with Crippen LogP contribution in [0.4, 0.5) is 10.5 Å². The lowest BCUT2D eigenvalue weighted by Crippen LogP contribution is -2.44. The molecule has 36 heavy (non-hydrogen) atoms. The summed E-state index contributed by atoms with van der Waals surface area (Å²) in [5.41, 5.74) is 2.32. The predicted octanol–water partition coefficient (Wildman–Crippen LogP) is 3.71. The SMILES string of the molecule is CC(C)c1ccc(NC(=O)[C@@H](c2ccccc2)N(Cc2ccco2)C(=O)C[C@H]2NC(=O)NC2=O)cc1. The van der Waals surface area contributed by atoms with Gasteiger partial charge in [-0.2, -0.15) is 0 Å². The second-order valence-electron chi connectivity index (χ2n) is 8.90. The highest BCUT2D eigenvalue weighted by atomic mass is 16.3. The van der Waals surface area contributed by atoms with Crippen molar-refractivity contribution < 1.29 is 23.6 Å². The Morgan fingerprint density at radius 1 is 0.972 bits per heavy atom. The Hall–Kier alpha value is -4.40. The Morgan fingerprint density at radius 2 is 1.69 bits per heavy atom. The third-order valence-corrected chi connectivity index (χ3v) is 5.98. The summed E-state index contributed by atoms with van der Waals surface area (Å²) in [4.78, 5) is 52.2. The van der Waals surface area contributed by atoms with Crippen LogP contribution in [0.2, 0.25) is 0 Å². The molecule has 0 saturated carbocycles. The summed E-state index contributed by atoms with van der Waals surface area (Å²) in [6.45, 7) is 4.17. The van der Waals surface area contributed by atoms with E-state index >= 15 is 0 Å². The van der Waals surface area contributed by atoms with Crippen molar-refractivity contribution >= 4 is 29.4 Å². The summed E-state index contributed by atoms with van der Waals surface area (Å²) in [5.74, 6) is -0.678. The molecule has 9 nitrogen and oxygen atoms in total. The zero-order valence-corrected chi connectivity index (χ0v) is 20.1. The highest BCUT2D eigenvalue weighted by molar-refractivity contribution is 6.06. The molecular formula is C27H28N4O5. The average Bonchev–Trinajstić information content (AvgIpc) is 3.48. The largest absolute Gasteiger partial charge is 0.467 e. The van der Waals surface area contributed by atoms with E-state index in [-0.39, 0.29) is 13.0 Å². The zero-order valence-electron chi connectivity index (χ0n) is 20.1. The lowest BCUT2D eigenvalue weighted by Gasteiger charge is -2.31. The molecule has 2 atom stereocenters. The predicted molar refractivity (Wildman–Crippen MR) is 133 cm³/mol. The van der Waals surface area contributed by atoms with E-state index in [0.29, 0.717) is 22.9 Å². The number of benzene rings is 2. The van der Waals surface area contributed by atoms with Gasteiger partial charge in [-0.15, -0.1) is 0 Å². The lowest BCUT2D eigenvalue weighted by molar-refractivity contribution is -0.141. The van der Waals surface area contributed by atoms with Crippen LogP contribution in [-0.2, 0) is 20.9 Å². The monoisotopic (exact) mass is 488 g/mol. The van der Waals surface area contributed by atoms with Crippen LogP contribution < -0.4 is 16.0 Å². The molecule has 1 aliphatic heterocycles. The fourth-order valence-corrected chi connectivity index (χ4v) is 4.06. The van der Waals surface area contributed by atoms with Crippen LogP contribution >= 0.6 is 0 Å². The Bertz CT molecular complexity index is 1220. The van der Waals surface area contributed by atoms with E-state index in [1.54, 1.807) is 36.4 Å². The lowest BCUT2D eigenvalue weighted by atomic mass is 10.0. The van der Waals surface area contributed by atoms with Crippen molar-refractivity contribution in [3.05, 3.63) is 89.9 Å². The van der Waals surface area contributed by atoms with Crippen LogP contribution in [0.5, 0.6) is 0 Å². The molecule has 0 bridgehead atoms. The van der Waals surface area contributed by atoms with Crippen LogP contribution in [0.3, 0.4) is 0 Å². The normalized spacial score (nSPS) is 15.8. The van der Waals surface area contributed by atoms with E-state index in [0.717, 1.165) is 5.56 Å². The maximum atomic E-state index is 13.7. The van der Waals surface area contributed by atoms with Gasteiger partial charge >= 0.3 is 6.03 Å². The number of hydrogen-bond donors (Lipinski definition) is 3. The molecule has 3 N–H and O–H groups in total. The fourth-order valence-electron chi connectivity index (χ4n) is 4.06. The summed E-state index contributed by atoms with van der Waals surface area (Å²) in [6, 6.07) is 17.2. The van der Waals surface area contributed by atoms with Crippen LogP contribution in [0.25, 0.3) is 0 Å². The molecule has 2 aromatic carbocycles. The van der Waals surface area contributed by atoms with Crippen LogP contribution in [0.1, 0.15) is 49.1 Å². The average molecular weight is 489 g/mol. The van der Waals surface area contributed by atoms with E-state index < -0.39 is 35.8 Å². The Balaban J connectivity index is 1.65. The zero-order chi connectivity index (χ0) is 25.7. The number of nitrogens with zero attached hydrogens (tertiary/aromatic N) is 1. The van der Waals surface area contributed by atoms with Gasteiger partial charge in [-0.3, -0.25) is 19.7 Å². The minimum absolute atomic E-state index is 0.00656. The van der Waals surface area contributed by atoms with Gasteiger partial charge in [0.15, 0.2) is 0 Å². The van der Waals surface area contributed by atoms with Crippen molar-refractivity contribution in [2.45, 2.75) is 44.8 Å². The molecule has 1 fully saturated rings. The number of nitrogens with one attached hydrogen (secondary N) is 3. The summed E-state index contributed by atoms with van der Waals surface area (Å²) >= 11 is 0. The van der Waals surface area contributed by atoms with Crippen molar-refractivity contribution in [3.8, 4) is 0 Å². The number of anilines is 1. The second-order valence-corrected chi connectivity index (χ2v) is 8.90. The Kier molecular flexibility index (Phi) is 7.48. The topological polar surface area (TPSA) is 121 Å². The number of carbonyl (C=O) groups excluding carboxylic acids is 4. The maximum absolute atomic E-state index is 13.7. The Morgan fingerprint density at radius 3 is 2.28 bits per heavy atom. The molecular weight excluding hydrogens is 460 g/mol. The molecule has 9 heteroatoms. The third-order valence-electron chi connectivity index (χ3n) is 5.98. The minimum atomic E-state index is -1.02. The summed E-state index contributed by atoms with van der Waals surface area (Å²) in [5, 5.41) is 7.49. The molecule has 3 aromatic rings. The minimum Gasteiger partial charge on any atom is -0.467 e. The number of rotatable bonds is 9. The number of amides is 5. The van der Waals surface area contributed by atoms with Crippen molar-refractivity contribution in [1.82, 2.24) is 15.5 Å². The first-order chi connectivity index (χ1) is 17.3. The van der Waals surface area contributed by atoms with Crippen LogP contribution in [-0.4, -0.2) is 34.7 Å². The van der Waals surface area contributed by atoms with Gasteiger partial charge < -0.3 is 20.0 Å². The highest BCUT2D eigenvalue weighted by Gasteiger charge is 2.37. The van der Waals surface area contributed by atoms with Crippen LogP contribution in [0, 0.1) is 0 Å². The van der Waals surface area contributed by atoms with Gasteiger partial charge in [0.1, 0.15) is 17.8 Å². The van der Waals surface area contributed by atoms with E-state index in [9.17, 15) is 19.2 Å². The van der Waals surface area contributed by atoms with Gasteiger partial charge in [-0.1, -0.05) is 56.3 Å². The quantitative estimate of drug-likeness (QED) is 0.397. The van der Waals surface area contributed by atoms with Gasteiger partial charge in [0, 0.05) is 5.69 Å². The first-order valence-electron chi connectivity index (χ1n) is 11.7. The van der Waals surface area contributed by atoms with Crippen molar-refractivity contribution in [2.75, 3.05) is 5.32 Å².